The predicted molar refractivity (Wildman–Crippen MR) is 61.8 cm³/mol. The molecule has 0 bridgehead atoms. The Kier molecular flexibility index (Phi) is 4.75. The van der Waals surface area contributed by atoms with Gasteiger partial charge in [0, 0.05) is 20.1 Å². The highest BCUT2D eigenvalue weighted by atomic mass is 32.1. The molecule has 1 saturated heterocycles. The molecule has 82 valence electrons. The van der Waals surface area contributed by atoms with Crippen LogP contribution in [-0.2, 0) is 4.79 Å². The molecule has 0 spiro atoms. The second kappa shape index (κ2) is 5.61. The summed E-state index contributed by atoms with van der Waals surface area (Å²) in [4.78, 5) is 15.7. The summed E-state index contributed by atoms with van der Waals surface area (Å²) in [6.45, 7) is 6.03. The fourth-order valence-corrected chi connectivity index (χ4v) is 1.92. The predicted octanol–water partition coefficient (Wildman–Crippen LogP) is 0.859. The Hall–Kier alpha value is -0.220. The average molecular weight is 216 g/mol. The average Bonchev–Trinajstić information content (AvgIpc) is 2.65. The molecule has 1 rings (SSSR count). The van der Waals surface area contributed by atoms with Crippen LogP contribution >= 0.6 is 12.6 Å². The second-order valence-electron chi connectivity index (χ2n) is 3.98. The minimum atomic E-state index is -0.182. The molecule has 0 N–H and O–H groups in total. The molecular formula is C10H20N2OS. The lowest BCUT2D eigenvalue weighted by Gasteiger charge is -2.22. The number of likely N-dealkylation sites (N-methyl/N-ethyl adjacent to an activating group) is 1. The van der Waals surface area contributed by atoms with Gasteiger partial charge in [-0.2, -0.15) is 12.6 Å². The van der Waals surface area contributed by atoms with E-state index in [2.05, 4.69) is 17.5 Å². The minimum Gasteiger partial charge on any atom is -0.344 e. The molecule has 1 atom stereocenters. The lowest BCUT2D eigenvalue weighted by molar-refractivity contribution is -0.129. The molecule has 1 amide bonds. The summed E-state index contributed by atoms with van der Waals surface area (Å²) in [5.74, 6) is 0.118. The van der Waals surface area contributed by atoms with E-state index < -0.39 is 0 Å². The molecule has 0 aromatic heterocycles. The highest BCUT2D eigenvalue weighted by molar-refractivity contribution is 7.81. The quantitative estimate of drug-likeness (QED) is 0.705. The maximum atomic E-state index is 11.5. The van der Waals surface area contributed by atoms with Crippen molar-refractivity contribution in [3.8, 4) is 0 Å². The van der Waals surface area contributed by atoms with Gasteiger partial charge in [-0.3, -0.25) is 4.79 Å². The zero-order valence-corrected chi connectivity index (χ0v) is 9.96. The third-order valence-electron chi connectivity index (χ3n) is 2.68. The zero-order chi connectivity index (χ0) is 10.6. The Morgan fingerprint density at radius 3 is 2.57 bits per heavy atom. The minimum absolute atomic E-state index is 0.118. The Morgan fingerprint density at radius 1 is 1.50 bits per heavy atom. The van der Waals surface area contributed by atoms with Gasteiger partial charge in [0.1, 0.15) is 0 Å². The van der Waals surface area contributed by atoms with E-state index in [-0.39, 0.29) is 11.2 Å². The van der Waals surface area contributed by atoms with Gasteiger partial charge in [0.25, 0.3) is 0 Å². The van der Waals surface area contributed by atoms with Crippen molar-refractivity contribution in [2.24, 2.45) is 0 Å². The highest BCUT2D eigenvalue weighted by Gasteiger charge is 2.16. The van der Waals surface area contributed by atoms with Crippen LogP contribution in [0, 0.1) is 0 Å². The Labute approximate surface area is 91.9 Å². The fourth-order valence-electron chi connectivity index (χ4n) is 1.73. The van der Waals surface area contributed by atoms with Crippen LogP contribution in [0.3, 0.4) is 0 Å². The van der Waals surface area contributed by atoms with Gasteiger partial charge in [-0.1, -0.05) is 0 Å². The lowest BCUT2D eigenvalue weighted by atomic mass is 10.4. The van der Waals surface area contributed by atoms with E-state index >= 15 is 0 Å². The molecule has 3 nitrogen and oxygen atoms in total. The number of nitrogens with zero attached hydrogens (tertiary/aromatic N) is 2. The third kappa shape index (κ3) is 3.50. The molecule has 0 aromatic carbocycles. The summed E-state index contributed by atoms with van der Waals surface area (Å²) < 4.78 is 0. The highest BCUT2D eigenvalue weighted by Crippen LogP contribution is 2.07. The standard InChI is InChI=1S/C10H20N2OS/c1-9(14)10(13)11(2)7-8-12-5-3-4-6-12/h9,14H,3-8H2,1-2H3. The fraction of sp³-hybridized carbons (Fsp3) is 0.900. The smallest absolute Gasteiger partial charge is 0.234 e. The SMILES string of the molecule is CC(S)C(=O)N(C)CCN1CCCC1. The van der Waals surface area contributed by atoms with Crippen molar-refractivity contribution >= 4 is 18.5 Å². The van der Waals surface area contributed by atoms with Crippen molar-refractivity contribution in [3.63, 3.8) is 0 Å². The van der Waals surface area contributed by atoms with Crippen LogP contribution in [0.4, 0.5) is 0 Å². The zero-order valence-electron chi connectivity index (χ0n) is 9.07. The summed E-state index contributed by atoms with van der Waals surface area (Å²) in [5, 5.41) is -0.182. The molecule has 0 radical (unpaired) electrons. The van der Waals surface area contributed by atoms with Crippen molar-refractivity contribution in [2.75, 3.05) is 33.2 Å². The molecule has 1 aliphatic heterocycles. The van der Waals surface area contributed by atoms with E-state index in [1.54, 1.807) is 4.90 Å². The lowest BCUT2D eigenvalue weighted by Crippen LogP contribution is -2.38. The summed E-state index contributed by atoms with van der Waals surface area (Å²) in [6, 6.07) is 0. The number of rotatable bonds is 4. The van der Waals surface area contributed by atoms with Crippen molar-refractivity contribution in [1.29, 1.82) is 0 Å². The summed E-state index contributed by atoms with van der Waals surface area (Å²) >= 11 is 4.13. The third-order valence-corrected chi connectivity index (χ3v) is 2.90. The van der Waals surface area contributed by atoms with E-state index in [4.69, 9.17) is 0 Å². The van der Waals surface area contributed by atoms with Crippen LogP contribution in [0.1, 0.15) is 19.8 Å². The molecular weight excluding hydrogens is 196 g/mol. The number of hydrogen-bond acceptors (Lipinski definition) is 3. The van der Waals surface area contributed by atoms with Gasteiger partial charge in [0.15, 0.2) is 0 Å². The van der Waals surface area contributed by atoms with Crippen molar-refractivity contribution < 1.29 is 4.79 Å². The first-order valence-electron chi connectivity index (χ1n) is 5.26. The summed E-state index contributed by atoms with van der Waals surface area (Å²) in [7, 11) is 1.85. The first-order chi connectivity index (χ1) is 6.61. The molecule has 1 heterocycles. The number of carbonyl (C=O) groups is 1. The van der Waals surface area contributed by atoms with Crippen molar-refractivity contribution in [3.05, 3.63) is 0 Å². The first kappa shape index (κ1) is 11.9. The molecule has 0 aliphatic carbocycles. The monoisotopic (exact) mass is 216 g/mol. The Bertz CT molecular complexity index is 191. The van der Waals surface area contributed by atoms with Crippen LogP contribution in [0.15, 0.2) is 0 Å². The first-order valence-corrected chi connectivity index (χ1v) is 5.78. The van der Waals surface area contributed by atoms with Gasteiger partial charge in [-0.25, -0.2) is 0 Å². The van der Waals surface area contributed by atoms with Gasteiger partial charge in [-0.05, 0) is 32.9 Å². The maximum Gasteiger partial charge on any atom is 0.234 e. The van der Waals surface area contributed by atoms with E-state index in [0.29, 0.717) is 0 Å². The molecule has 0 saturated carbocycles. The summed E-state index contributed by atoms with van der Waals surface area (Å²) in [5.41, 5.74) is 0. The summed E-state index contributed by atoms with van der Waals surface area (Å²) in [6.07, 6.45) is 2.61. The largest absolute Gasteiger partial charge is 0.344 e. The number of hydrogen-bond donors (Lipinski definition) is 1. The molecule has 1 fully saturated rings. The van der Waals surface area contributed by atoms with Gasteiger partial charge in [-0.15, -0.1) is 0 Å². The number of thiol groups is 1. The van der Waals surface area contributed by atoms with Crippen LogP contribution in [0.25, 0.3) is 0 Å². The van der Waals surface area contributed by atoms with Crippen LogP contribution in [-0.4, -0.2) is 54.2 Å². The normalized spacial score (nSPS) is 19.6. The van der Waals surface area contributed by atoms with Gasteiger partial charge in [0.05, 0.1) is 5.25 Å². The van der Waals surface area contributed by atoms with Crippen LogP contribution in [0.2, 0.25) is 0 Å². The van der Waals surface area contributed by atoms with Crippen molar-refractivity contribution in [2.45, 2.75) is 25.0 Å². The molecule has 4 heteroatoms. The van der Waals surface area contributed by atoms with E-state index in [9.17, 15) is 4.79 Å². The topological polar surface area (TPSA) is 23.6 Å². The van der Waals surface area contributed by atoms with E-state index in [0.717, 1.165) is 13.1 Å². The molecule has 1 aliphatic rings. The maximum absolute atomic E-state index is 11.5. The van der Waals surface area contributed by atoms with Crippen LogP contribution < -0.4 is 0 Å². The molecule has 14 heavy (non-hydrogen) atoms. The molecule has 0 aromatic rings. The van der Waals surface area contributed by atoms with Crippen molar-refractivity contribution in [1.82, 2.24) is 9.80 Å². The number of carbonyl (C=O) groups excluding carboxylic acids is 1. The van der Waals surface area contributed by atoms with E-state index in [1.165, 1.54) is 25.9 Å². The molecule has 1 unspecified atom stereocenters. The second-order valence-corrected chi connectivity index (χ2v) is 4.76. The number of amides is 1. The van der Waals surface area contributed by atoms with E-state index in [1.807, 2.05) is 14.0 Å². The Morgan fingerprint density at radius 2 is 2.07 bits per heavy atom. The van der Waals surface area contributed by atoms with Crippen LogP contribution in [0.5, 0.6) is 0 Å². The number of likely N-dealkylation sites (tertiary alicyclic amines) is 1. The van der Waals surface area contributed by atoms with Gasteiger partial charge < -0.3 is 9.80 Å². The van der Waals surface area contributed by atoms with Gasteiger partial charge >= 0.3 is 0 Å². The Balaban J connectivity index is 2.19. The van der Waals surface area contributed by atoms with Gasteiger partial charge in [0.2, 0.25) is 5.91 Å².